The Morgan fingerprint density at radius 3 is 2.45 bits per heavy atom. The molecule has 1 aliphatic heterocycles. The minimum Gasteiger partial charge on any atom is -0.357 e. The van der Waals surface area contributed by atoms with Crippen LogP contribution in [-0.4, -0.2) is 58.1 Å². The van der Waals surface area contributed by atoms with Gasteiger partial charge in [-0.2, -0.15) is 0 Å². The molecule has 0 aromatic carbocycles. The molecule has 0 N–H and O–H groups in total. The highest BCUT2D eigenvalue weighted by Crippen LogP contribution is 2.08. The molecule has 108 valence electrons. The van der Waals surface area contributed by atoms with E-state index in [2.05, 4.69) is 0 Å². The molecule has 0 aliphatic carbocycles. The van der Waals surface area contributed by atoms with Crippen molar-refractivity contribution in [3.63, 3.8) is 0 Å². The van der Waals surface area contributed by atoms with Crippen molar-refractivity contribution in [2.75, 3.05) is 26.2 Å². The van der Waals surface area contributed by atoms with Crippen LogP contribution in [0, 0.1) is 0 Å². The van der Waals surface area contributed by atoms with Gasteiger partial charge in [0.15, 0.2) is 5.78 Å². The number of rotatable bonds is 5. The molecule has 0 radical (unpaired) electrons. The molecule has 2 rings (SSSR count). The van der Waals surface area contributed by atoms with Gasteiger partial charge in [-0.05, 0) is 12.5 Å². The number of aryl methyl sites for hydroxylation is 1. The Bertz CT molecular complexity index is 536. The summed E-state index contributed by atoms with van der Waals surface area (Å²) in [7, 11) is 1.83. The Labute approximate surface area is 117 Å². The smallest absolute Gasteiger partial charge is 0.243 e. The monoisotopic (exact) mass is 277 g/mol. The quantitative estimate of drug-likeness (QED) is 0.727. The molecule has 2 amide bonds. The Morgan fingerprint density at radius 2 is 1.85 bits per heavy atom. The summed E-state index contributed by atoms with van der Waals surface area (Å²) >= 11 is 0. The van der Waals surface area contributed by atoms with E-state index in [-0.39, 0.29) is 37.2 Å². The van der Waals surface area contributed by atoms with Crippen molar-refractivity contribution in [1.29, 1.82) is 0 Å². The zero-order chi connectivity index (χ0) is 14.7. The molecule has 20 heavy (non-hydrogen) atoms. The standard InChI is InChI=1S/C14H19N3O3/c1-3-5-16-9-14(20)17(10-13(16)19)8-12(18)11-4-6-15(2)7-11/h4,6-7H,3,5,8-10H2,1-2H3. The normalized spacial score (nSPS) is 15.9. The highest BCUT2D eigenvalue weighted by molar-refractivity contribution is 6.01. The van der Waals surface area contributed by atoms with Crippen molar-refractivity contribution in [3.8, 4) is 0 Å². The van der Waals surface area contributed by atoms with E-state index in [9.17, 15) is 14.4 Å². The van der Waals surface area contributed by atoms with Crippen molar-refractivity contribution < 1.29 is 14.4 Å². The van der Waals surface area contributed by atoms with E-state index in [1.54, 1.807) is 27.9 Å². The molecule has 0 bridgehead atoms. The molecule has 0 unspecified atom stereocenters. The topological polar surface area (TPSA) is 62.6 Å². The van der Waals surface area contributed by atoms with Crippen LogP contribution in [0.2, 0.25) is 0 Å². The first kappa shape index (κ1) is 14.3. The molecule has 1 aliphatic rings. The average molecular weight is 277 g/mol. The lowest BCUT2D eigenvalue weighted by molar-refractivity contribution is -0.149. The van der Waals surface area contributed by atoms with Crippen LogP contribution < -0.4 is 0 Å². The van der Waals surface area contributed by atoms with Gasteiger partial charge < -0.3 is 14.4 Å². The molecule has 1 aromatic heterocycles. The molecule has 1 fully saturated rings. The summed E-state index contributed by atoms with van der Waals surface area (Å²) < 4.78 is 1.78. The van der Waals surface area contributed by atoms with Crippen LogP contribution in [0.1, 0.15) is 23.7 Å². The molecular formula is C14H19N3O3. The SMILES string of the molecule is CCCN1CC(=O)N(CC(=O)c2ccn(C)c2)CC1=O. The number of aromatic nitrogens is 1. The third-order valence-electron chi connectivity index (χ3n) is 3.34. The summed E-state index contributed by atoms with van der Waals surface area (Å²) in [5.41, 5.74) is 0.559. The number of carbonyl (C=O) groups is 3. The van der Waals surface area contributed by atoms with Gasteiger partial charge in [0.1, 0.15) is 6.54 Å². The van der Waals surface area contributed by atoms with E-state index in [0.717, 1.165) is 6.42 Å². The lowest BCUT2D eigenvalue weighted by Gasteiger charge is -2.33. The maximum absolute atomic E-state index is 12.1. The van der Waals surface area contributed by atoms with Crippen LogP contribution >= 0.6 is 0 Å². The Balaban J connectivity index is 1.98. The van der Waals surface area contributed by atoms with Crippen LogP contribution in [-0.2, 0) is 16.6 Å². The largest absolute Gasteiger partial charge is 0.357 e. The van der Waals surface area contributed by atoms with Crippen molar-refractivity contribution in [1.82, 2.24) is 14.4 Å². The fourth-order valence-corrected chi connectivity index (χ4v) is 2.25. The molecule has 0 saturated carbocycles. The second-order valence-corrected chi connectivity index (χ2v) is 5.05. The van der Waals surface area contributed by atoms with Crippen molar-refractivity contribution in [3.05, 3.63) is 24.0 Å². The summed E-state index contributed by atoms with van der Waals surface area (Å²) in [6.45, 7) is 2.59. The number of Topliss-reactive ketones (excluding diaryl/α,β-unsaturated/α-hetero) is 1. The van der Waals surface area contributed by atoms with E-state index < -0.39 is 0 Å². The molecule has 2 heterocycles. The van der Waals surface area contributed by atoms with Crippen molar-refractivity contribution in [2.24, 2.45) is 7.05 Å². The summed E-state index contributed by atoms with van der Waals surface area (Å²) in [4.78, 5) is 38.8. The summed E-state index contributed by atoms with van der Waals surface area (Å²) in [5.74, 6) is -0.398. The minimum atomic E-state index is -0.165. The second kappa shape index (κ2) is 5.90. The van der Waals surface area contributed by atoms with Crippen LogP contribution in [0.3, 0.4) is 0 Å². The van der Waals surface area contributed by atoms with Gasteiger partial charge in [-0.1, -0.05) is 6.92 Å². The number of ketones is 1. The van der Waals surface area contributed by atoms with Gasteiger partial charge >= 0.3 is 0 Å². The van der Waals surface area contributed by atoms with Crippen LogP contribution in [0.15, 0.2) is 18.5 Å². The van der Waals surface area contributed by atoms with E-state index in [1.165, 1.54) is 4.90 Å². The van der Waals surface area contributed by atoms with E-state index in [0.29, 0.717) is 12.1 Å². The molecule has 0 spiro atoms. The first-order valence-electron chi connectivity index (χ1n) is 6.72. The minimum absolute atomic E-state index is 0.00257. The van der Waals surface area contributed by atoms with Crippen molar-refractivity contribution in [2.45, 2.75) is 13.3 Å². The highest BCUT2D eigenvalue weighted by Gasteiger charge is 2.30. The Kier molecular flexibility index (Phi) is 4.22. The number of nitrogens with zero attached hydrogens (tertiary/aromatic N) is 3. The van der Waals surface area contributed by atoms with E-state index >= 15 is 0 Å². The predicted molar refractivity (Wildman–Crippen MR) is 73.2 cm³/mol. The Morgan fingerprint density at radius 1 is 1.20 bits per heavy atom. The van der Waals surface area contributed by atoms with Crippen LogP contribution in [0.4, 0.5) is 0 Å². The van der Waals surface area contributed by atoms with Crippen LogP contribution in [0.5, 0.6) is 0 Å². The van der Waals surface area contributed by atoms with Gasteiger partial charge in [0.05, 0.1) is 13.1 Å². The number of piperazine rings is 1. The fourth-order valence-electron chi connectivity index (χ4n) is 2.25. The van der Waals surface area contributed by atoms with E-state index in [4.69, 9.17) is 0 Å². The Hall–Kier alpha value is -2.11. The number of hydrogen-bond acceptors (Lipinski definition) is 3. The number of hydrogen-bond donors (Lipinski definition) is 0. The van der Waals surface area contributed by atoms with Gasteiger partial charge in [0.25, 0.3) is 0 Å². The third-order valence-corrected chi connectivity index (χ3v) is 3.34. The predicted octanol–water partition coefficient (Wildman–Crippen LogP) is 0.289. The highest BCUT2D eigenvalue weighted by atomic mass is 16.2. The summed E-state index contributed by atoms with van der Waals surface area (Å²) in [6.07, 6.45) is 4.31. The van der Waals surface area contributed by atoms with Gasteiger partial charge in [-0.15, -0.1) is 0 Å². The fraction of sp³-hybridized carbons (Fsp3) is 0.500. The lowest BCUT2D eigenvalue weighted by atomic mass is 10.2. The number of amides is 2. The van der Waals surface area contributed by atoms with E-state index in [1.807, 2.05) is 14.0 Å². The summed E-state index contributed by atoms with van der Waals surface area (Å²) in [6, 6.07) is 1.71. The van der Waals surface area contributed by atoms with Gasteiger partial charge in [-0.3, -0.25) is 14.4 Å². The molecule has 0 atom stereocenters. The molecule has 1 saturated heterocycles. The third kappa shape index (κ3) is 3.07. The van der Waals surface area contributed by atoms with Gasteiger partial charge in [-0.25, -0.2) is 0 Å². The summed E-state index contributed by atoms with van der Waals surface area (Å²) in [5, 5.41) is 0. The molecule has 1 aromatic rings. The molecular weight excluding hydrogens is 258 g/mol. The molecule has 6 nitrogen and oxygen atoms in total. The average Bonchev–Trinajstić information content (AvgIpc) is 2.82. The van der Waals surface area contributed by atoms with Crippen LogP contribution in [0.25, 0.3) is 0 Å². The number of carbonyl (C=O) groups excluding carboxylic acids is 3. The zero-order valence-electron chi connectivity index (χ0n) is 11.8. The first-order valence-corrected chi connectivity index (χ1v) is 6.72. The van der Waals surface area contributed by atoms with Gasteiger partial charge in [0, 0.05) is 31.5 Å². The maximum atomic E-state index is 12.1. The first-order chi connectivity index (χ1) is 9.51. The lowest BCUT2D eigenvalue weighted by Crippen LogP contribution is -2.54. The van der Waals surface area contributed by atoms with Gasteiger partial charge in [0.2, 0.25) is 11.8 Å². The molecule has 6 heteroatoms. The zero-order valence-corrected chi connectivity index (χ0v) is 11.8. The second-order valence-electron chi connectivity index (χ2n) is 5.05. The van der Waals surface area contributed by atoms with Crippen molar-refractivity contribution >= 4 is 17.6 Å². The maximum Gasteiger partial charge on any atom is 0.243 e.